The van der Waals surface area contributed by atoms with Crippen molar-refractivity contribution in [3.8, 4) is 0 Å². The smallest absolute Gasteiger partial charge is 0.158 e. The summed E-state index contributed by atoms with van der Waals surface area (Å²) in [4.78, 5) is 10.7. The predicted octanol–water partition coefficient (Wildman–Crippen LogP) is 1.54. The summed E-state index contributed by atoms with van der Waals surface area (Å²) in [6, 6.07) is 0. The van der Waals surface area contributed by atoms with Gasteiger partial charge in [0.2, 0.25) is 0 Å². The molecule has 0 radical (unpaired) electrons. The molecule has 0 unspecified atom stereocenters. The van der Waals surface area contributed by atoms with Crippen molar-refractivity contribution in [2.45, 2.75) is 19.8 Å². The molecule has 1 nitrogen and oxygen atoms in total. The van der Waals surface area contributed by atoms with Crippen LogP contribution in [0.25, 0.3) is 0 Å². The van der Waals surface area contributed by atoms with Gasteiger partial charge in [-0.25, -0.2) is 0 Å². The molecule has 1 saturated carbocycles. The van der Waals surface area contributed by atoms with E-state index in [0.29, 0.717) is 11.7 Å². The van der Waals surface area contributed by atoms with Crippen molar-refractivity contribution in [1.29, 1.82) is 0 Å². The lowest BCUT2D eigenvalue weighted by Crippen LogP contribution is -1.92. The third-order valence-electron chi connectivity index (χ3n) is 1.31. The Hall–Kier alpha value is -0.590. The molecule has 1 fully saturated rings. The van der Waals surface area contributed by atoms with E-state index in [-0.39, 0.29) is 0 Å². The zero-order valence-corrected chi connectivity index (χ0v) is 5.05. The fraction of sp³-hybridized carbons (Fsp3) is 0.571. The summed E-state index contributed by atoms with van der Waals surface area (Å²) in [6.07, 6.45) is 5.70. The van der Waals surface area contributed by atoms with Crippen LogP contribution < -0.4 is 0 Å². The van der Waals surface area contributed by atoms with Crippen LogP contribution in [0.15, 0.2) is 12.2 Å². The van der Waals surface area contributed by atoms with Crippen LogP contribution in [0.1, 0.15) is 19.8 Å². The monoisotopic (exact) mass is 110 g/mol. The van der Waals surface area contributed by atoms with Gasteiger partial charge in [-0.1, -0.05) is 6.08 Å². The molecule has 0 aliphatic heterocycles. The van der Waals surface area contributed by atoms with Gasteiger partial charge in [0.25, 0.3) is 0 Å². The van der Waals surface area contributed by atoms with E-state index in [1.54, 1.807) is 12.2 Å². The molecule has 1 aliphatic rings. The number of hydrogen-bond acceptors (Lipinski definition) is 1. The molecule has 44 valence electrons. The van der Waals surface area contributed by atoms with Gasteiger partial charge in [-0.3, -0.25) is 4.79 Å². The van der Waals surface area contributed by atoms with Gasteiger partial charge < -0.3 is 0 Å². The van der Waals surface area contributed by atoms with Crippen LogP contribution >= 0.6 is 0 Å². The van der Waals surface area contributed by atoms with Crippen LogP contribution in [0.5, 0.6) is 0 Å². The Morgan fingerprint density at radius 2 is 2.25 bits per heavy atom. The van der Waals surface area contributed by atoms with Crippen LogP contribution in [-0.4, -0.2) is 5.78 Å². The Bertz CT molecular complexity index is 120. The molecule has 0 saturated heterocycles. The third-order valence-corrected chi connectivity index (χ3v) is 1.31. The maximum Gasteiger partial charge on any atom is 0.158 e. The van der Waals surface area contributed by atoms with Gasteiger partial charge >= 0.3 is 0 Å². The van der Waals surface area contributed by atoms with Crippen molar-refractivity contribution in [3.05, 3.63) is 12.2 Å². The number of ketones is 1. The SMILES string of the molecule is CC=CC(=O)C1CC1. The molecule has 0 bridgehead atoms. The number of hydrogen-bond donors (Lipinski definition) is 0. The Labute approximate surface area is 49.4 Å². The van der Waals surface area contributed by atoms with Gasteiger partial charge in [-0.05, 0) is 25.8 Å². The summed E-state index contributed by atoms with van der Waals surface area (Å²) in [6.45, 7) is 1.88. The minimum atomic E-state index is 0.313. The first-order chi connectivity index (χ1) is 3.84. The van der Waals surface area contributed by atoms with Gasteiger partial charge in [0, 0.05) is 5.92 Å². The highest BCUT2D eigenvalue weighted by atomic mass is 16.1. The second-order valence-corrected chi connectivity index (χ2v) is 2.18. The molecule has 0 aromatic heterocycles. The first-order valence-electron chi connectivity index (χ1n) is 3.01. The van der Waals surface area contributed by atoms with Crippen LogP contribution in [0, 0.1) is 5.92 Å². The number of rotatable bonds is 2. The number of allylic oxidation sites excluding steroid dienone is 2. The van der Waals surface area contributed by atoms with Crippen LogP contribution in [-0.2, 0) is 4.79 Å². The largest absolute Gasteiger partial charge is 0.295 e. The first-order valence-corrected chi connectivity index (χ1v) is 3.01. The normalized spacial score (nSPS) is 19.6. The van der Waals surface area contributed by atoms with E-state index in [2.05, 4.69) is 0 Å². The molecule has 0 aromatic rings. The molecule has 0 atom stereocenters. The molecule has 0 heterocycles. The summed E-state index contributed by atoms with van der Waals surface area (Å²) in [5, 5.41) is 0. The second-order valence-electron chi connectivity index (χ2n) is 2.18. The third kappa shape index (κ3) is 1.19. The number of carbonyl (C=O) groups excluding carboxylic acids is 1. The van der Waals surface area contributed by atoms with Gasteiger partial charge in [-0.2, -0.15) is 0 Å². The van der Waals surface area contributed by atoms with Gasteiger partial charge in [0.05, 0.1) is 0 Å². The van der Waals surface area contributed by atoms with Gasteiger partial charge in [-0.15, -0.1) is 0 Å². The fourth-order valence-electron chi connectivity index (χ4n) is 0.668. The Kier molecular flexibility index (Phi) is 1.47. The minimum absolute atomic E-state index is 0.313. The highest BCUT2D eigenvalue weighted by Crippen LogP contribution is 2.29. The molecule has 8 heavy (non-hydrogen) atoms. The lowest BCUT2D eigenvalue weighted by molar-refractivity contribution is -0.115. The van der Waals surface area contributed by atoms with Gasteiger partial charge in [0.15, 0.2) is 5.78 Å². The number of carbonyl (C=O) groups is 1. The zero-order valence-electron chi connectivity index (χ0n) is 5.05. The highest BCUT2D eigenvalue weighted by Gasteiger charge is 2.26. The molecule has 0 amide bonds. The van der Waals surface area contributed by atoms with E-state index in [0.717, 1.165) is 12.8 Å². The summed E-state index contributed by atoms with van der Waals surface area (Å²) >= 11 is 0. The van der Waals surface area contributed by atoms with E-state index in [9.17, 15) is 4.79 Å². The van der Waals surface area contributed by atoms with Crippen molar-refractivity contribution in [3.63, 3.8) is 0 Å². The van der Waals surface area contributed by atoms with Crippen molar-refractivity contribution >= 4 is 5.78 Å². The maximum atomic E-state index is 10.7. The molecule has 1 rings (SSSR count). The zero-order chi connectivity index (χ0) is 5.98. The van der Waals surface area contributed by atoms with Crippen molar-refractivity contribution in [2.75, 3.05) is 0 Å². The van der Waals surface area contributed by atoms with E-state index in [1.807, 2.05) is 6.92 Å². The maximum absolute atomic E-state index is 10.7. The second kappa shape index (κ2) is 2.12. The lowest BCUT2D eigenvalue weighted by atomic mass is 10.2. The average Bonchev–Trinajstić information content (AvgIpc) is 2.45. The van der Waals surface area contributed by atoms with Crippen molar-refractivity contribution in [2.24, 2.45) is 5.92 Å². The first kappa shape index (κ1) is 5.54. The van der Waals surface area contributed by atoms with Crippen molar-refractivity contribution in [1.82, 2.24) is 0 Å². The van der Waals surface area contributed by atoms with Crippen LogP contribution in [0.2, 0.25) is 0 Å². The fourth-order valence-corrected chi connectivity index (χ4v) is 0.668. The molecule has 1 heteroatoms. The van der Waals surface area contributed by atoms with Gasteiger partial charge in [0.1, 0.15) is 0 Å². The molecule has 0 N–H and O–H groups in total. The quantitative estimate of drug-likeness (QED) is 0.493. The van der Waals surface area contributed by atoms with Crippen LogP contribution in [0.4, 0.5) is 0 Å². The van der Waals surface area contributed by atoms with E-state index < -0.39 is 0 Å². The summed E-state index contributed by atoms with van der Waals surface area (Å²) in [5.74, 6) is 0.707. The van der Waals surface area contributed by atoms with E-state index in [1.165, 1.54) is 0 Å². The van der Waals surface area contributed by atoms with Crippen LogP contribution in [0.3, 0.4) is 0 Å². The van der Waals surface area contributed by atoms with E-state index in [4.69, 9.17) is 0 Å². The highest BCUT2D eigenvalue weighted by molar-refractivity contribution is 5.93. The predicted molar refractivity (Wildman–Crippen MR) is 32.5 cm³/mol. The minimum Gasteiger partial charge on any atom is -0.295 e. The molecule has 0 aromatic carbocycles. The average molecular weight is 110 g/mol. The lowest BCUT2D eigenvalue weighted by Gasteiger charge is -1.81. The molecular weight excluding hydrogens is 100 g/mol. The standard InChI is InChI=1S/C7H10O/c1-2-3-7(8)6-4-5-6/h2-3,6H,4-5H2,1H3. The summed E-state index contributed by atoms with van der Waals surface area (Å²) in [5.41, 5.74) is 0. The Morgan fingerprint density at radius 3 is 2.62 bits per heavy atom. The summed E-state index contributed by atoms with van der Waals surface area (Å²) in [7, 11) is 0. The Balaban J connectivity index is 2.33. The molecule has 0 spiro atoms. The van der Waals surface area contributed by atoms with Crippen molar-refractivity contribution < 1.29 is 4.79 Å². The topological polar surface area (TPSA) is 17.1 Å². The Morgan fingerprint density at radius 1 is 1.62 bits per heavy atom. The molecule has 1 aliphatic carbocycles. The van der Waals surface area contributed by atoms with E-state index >= 15 is 0 Å². The molecular formula is C7H10O. The summed E-state index contributed by atoms with van der Waals surface area (Å²) < 4.78 is 0.